The number of hydrogen-bond acceptors (Lipinski definition) is 1. The summed E-state index contributed by atoms with van der Waals surface area (Å²) in [6.45, 7) is 5.11. The Morgan fingerprint density at radius 3 is 2.71 bits per heavy atom. The second-order valence-electron chi connectivity index (χ2n) is 6.18. The number of rotatable bonds is 5. The van der Waals surface area contributed by atoms with Crippen molar-refractivity contribution in [3.63, 3.8) is 0 Å². The smallest absolute Gasteiger partial charge is 0.123 e. The maximum atomic E-state index is 13.8. The van der Waals surface area contributed by atoms with E-state index >= 15 is 0 Å². The predicted molar refractivity (Wildman–Crippen MR) is 88.0 cm³/mol. The van der Waals surface area contributed by atoms with Crippen molar-refractivity contribution >= 4 is 0 Å². The van der Waals surface area contributed by atoms with Crippen LogP contribution < -0.4 is 5.32 Å². The van der Waals surface area contributed by atoms with Crippen LogP contribution in [0.4, 0.5) is 4.39 Å². The number of nitrogens with one attached hydrogen (secondary N) is 1. The van der Waals surface area contributed by atoms with E-state index in [1.807, 2.05) is 6.92 Å². The molecule has 0 aromatic heterocycles. The summed E-state index contributed by atoms with van der Waals surface area (Å²) < 4.78 is 13.8. The fraction of sp³-hybridized carbons (Fsp3) is 0.579. The quantitative estimate of drug-likeness (QED) is 0.710. The molecule has 1 N–H and O–H groups in total. The lowest BCUT2D eigenvalue weighted by atomic mass is 9.90. The highest BCUT2D eigenvalue weighted by Crippen LogP contribution is 2.29. The van der Waals surface area contributed by atoms with Crippen molar-refractivity contribution in [2.45, 2.75) is 64.8 Å². The summed E-state index contributed by atoms with van der Waals surface area (Å²) in [5, 5.41) is 3.62. The van der Waals surface area contributed by atoms with Gasteiger partial charge >= 0.3 is 0 Å². The Labute approximate surface area is 128 Å². The highest BCUT2D eigenvalue weighted by atomic mass is 19.1. The molecule has 116 valence electrons. The van der Waals surface area contributed by atoms with E-state index in [1.165, 1.54) is 31.3 Å². The Kier molecular flexibility index (Phi) is 6.44. The van der Waals surface area contributed by atoms with Crippen LogP contribution in [-0.4, -0.2) is 6.54 Å². The average molecular weight is 289 g/mol. The predicted octanol–water partition coefficient (Wildman–Crippen LogP) is 5.46. The maximum Gasteiger partial charge on any atom is 0.123 e. The van der Waals surface area contributed by atoms with Crippen molar-refractivity contribution < 1.29 is 4.39 Å². The molecule has 1 unspecified atom stereocenters. The molecule has 1 nitrogen and oxygen atoms in total. The molecular weight excluding hydrogens is 261 g/mol. The van der Waals surface area contributed by atoms with Crippen molar-refractivity contribution in [3.05, 3.63) is 46.8 Å². The number of aryl methyl sites for hydroxylation is 1. The lowest BCUT2D eigenvalue weighted by molar-refractivity contribution is 0.536. The summed E-state index contributed by atoms with van der Waals surface area (Å²) >= 11 is 0. The first-order valence-corrected chi connectivity index (χ1v) is 8.40. The summed E-state index contributed by atoms with van der Waals surface area (Å²) in [5.74, 6) is -0.125. The minimum absolute atomic E-state index is 0.125. The molecule has 0 aliphatic heterocycles. The molecule has 2 heteroatoms. The van der Waals surface area contributed by atoms with E-state index < -0.39 is 0 Å². The zero-order valence-corrected chi connectivity index (χ0v) is 13.4. The van der Waals surface area contributed by atoms with Gasteiger partial charge in [-0.05, 0) is 68.8 Å². The molecule has 0 saturated heterocycles. The number of halogens is 1. The first-order valence-electron chi connectivity index (χ1n) is 8.40. The van der Waals surface area contributed by atoms with E-state index in [9.17, 15) is 4.39 Å². The monoisotopic (exact) mass is 289 g/mol. The fourth-order valence-corrected chi connectivity index (χ4v) is 3.16. The molecule has 1 aliphatic carbocycles. The molecule has 2 rings (SSSR count). The van der Waals surface area contributed by atoms with Crippen LogP contribution >= 0.6 is 0 Å². The Balaban J connectivity index is 2.27. The van der Waals surface area contributed by atoms with Crippen LogP contribution in [0.25, 0.3) is 0 Å². The molecule has 0 heterocycles. The maximum absolute atomic E-state index is 13.8. The third-order valence-electron chi connectivity index (χ3n) is 4.19. The summed E-state index contributed by atoms with van der Waals surface area (Å²) in [6, 6.07) is 5.60. The van der Waals surface area contributed by atoms with E-state index in [1.54, 1.807) is 12.1 Å². The van der Waals surface area contributed by atoms with Crippen molar-refractivity contribution in [1.29, 1.82) is 0 Å². The van der Waals surface area contributed by atoms with E-state index in [4.69, 9.17) is 0 Å². The normalized spacial score (nSPS) is 20.2. The number of allylic oxidation sites excluding steroid dienone is 1. The van der Waals surface area contributed by atoms with Gasteiger partial charge in [-0.25, -0.2) is 4.39 Å². The van der Waals surface area contributed by atoms with Crippen LogP contribution in [0.1, 0.15) is 69.0 Å². The highest BCUT2D eigenvalue weighted by molar-refractivity contribution is 5.32. The lowest BCUT2D eigenvalue weighted by Gasteiger charge is -2.24. The standard InChI is InChI=1S/C19H28FN/c1-3-11-21-19(16-9-7-5-4-6-8-10-16)17-12-15(2)13-18(20)14-17/h9,12-14,19,21H,3-8,10-11H2,1-2H3/b16-9+. The van der Waals surface area contributed by atoms with Gasteiger partial charge in [-0.1, -0.05) is 37.5 Å². The average Bonchev–Trinajstić information content (AvgIpc) is 2.39. The van der Waals surface area contributed by atoms with Gasteiger partial charge in [0.05, 0.1) is 6.04 Å². The van der Waals surface area contributed by atoms with E-state index in [0.717, 1.165) is 36.9 Å². The third-order valence-corrected chi connectivity index (χ3v) is 4.19. The van der Waals surface area contributed by atoms with Crippen LogP contribution in [0.3, 0.4) is 0 Å². The van der Waals surface area contributed by atoms with Gasteiger partial charge in [0.25, 0.3) is 0 Å². The first-order chi connectivity index (χ1) is 10.2. The zero-order chi connectivity index (χ0) is 15.1. The minimum atomic E-state index is -0.125. The minimum Gasteiger partial charge on any atom is -0.307 e. The van der Waals surface area contributed by atoms with Crippen molar-refractivity contribution in [2.24, 2.45) is 0 Å². The van der Waals surface area contributed by atoms with Gasteiger partial charge in [0.2, 0.25) is 0 Å². The molecule has 0 saturated carbocycles. The van der Waals surface area contributed by atoms with Gasteiger partial charge in [0, 0.05) is 0 Å². The fourth-order valence-electron chi connectivity index (χ4n) is 3.16. The summed E-state index contributed by atoms with van der Waals surface area (Å²) in [6.07, 6.45) is 11.0. The molecule has 0 bridgehead atoms. The lowest BCUT2D eigenvalue weighted by Crippen LogP contribution is -2.24. The van der Waals surface area contributed by atoms with Crippen LogP contribution in [0.5, 0.6) is 0 Å². The number of benzene rings is 1. The second kappa shape index (κ2) is 8.33. The molecule has 1 atom stereocenters. The number of hydrogen-bond donors (Lipinski definition) is 1. The van der Waals surface area contributed by atoms with Gasteiger partial charge in [-0.3, -0.25) is 0 Å². The Morgan fingerprint density at radius 1 is 1.14 bits per heavy atom. The first kappa shape index (κ1) is 16.2. The zero-order valence-electron chi connectivity index (χ0n) is 13.4. The molecule has 21 heavy (non-hydrogen) atoms. The van der Waals surface area contributed by atoms with E-state index in [-0.39, 0.29) is 11.9 Å². The largest absolute Gasteiger partial charge is 0.307 e. The molecule has 0 radical (unpaired) electrons. The van der Waals surface area contributed by atoms with Crippen LogP contribution in [0.15, 0.2) is 29.8 Å². The van der Waals surface area contributed by atoms with Gasteiger partial charge in [-0.15, -0.1) is 0 Å². The molecule has 0 spiro atoms. The van der Waals surface area contributed by atoms with Gasteiger partial charge < -0.3 is 5.32 Å². The Bertz CT molecular complexity index is 458. The van der Waals surface area contributed by atoms with Crippen LogP contribution in [0, 0.1) is 12.7 Å². The Morgan fingerprint density at radius 2 is 1.95 bits per heavy atom. The Hall–Kier alpha value is -1.15. The molecule has 1 aliphatic rings. The van der Waals surface area contributed by atoms with Crippen LogP contribution in [-0.2, 0) is 0 Å². The van der Waals surface area contributed by atoms with E-state index in [2.05, 4.69) is 24.4 Å². The van der Waals surface area contributed by atoms with Crippen LogP contribution in [0.2, 0.25) is 0 Å². The molecule has 1 aromatic carbocycles. The van der Waals surface area contributed by atoms with E-state index in [0.29, 0.717) is 0 Å². The van der Waals surface area contributed by atoms with Crippen molar-refractivity contribution in [1.82, 2.24) is 5.32 Å². The molecular formula is C19H28FN. The molecule has 0 amide bonds. The SMILES string of the molecule is CCCNC(/C1=C/CCCCCC1)c1cc(C)cc(F)c1. The van der Waals surface area contributed by atoms with Gasteiger partial charge in [0.1, 0.15) is 5.82 Å². The van der Waals surface area contributed by atoms with Gasteiger partial charge in [0.15, 0.2) is 0 Å². The van der Waals surface area contributed by atoms with Crippen molar-refractivity contribution in [3.8, 4) is 0 Å². The highest BCUT2D eigenvalue weighted by Gasteiger charge is 2.17. The third kappa shape index (κ3) is 4.96. The van der Waals surface area contributed by atoms with Gasteiger partial charge in [-0.2, -0.15) is 0 Å². The van der Waals surface area contributed by atoms with Crippen molar-refractivity contribution in [2.75, 3.05) is 6.54 Å². The summed E-state index contributed by atoms with van der Waals surface area (Å²) in [5.41, 5.74) is 3.53. The second-order valence-corrected chi connectivity index (χ2v) is 6.18. The summed E-state index contributed by atoms with van der Waals surface area (Å²) in [4.78, 5) is 0. The molecule has 1 aromatic rings. The summed E-state index contributed by atoms with van der Waals surface area (Å²) in [7, 11) is 0. The topological polar surface area (TPSA) is 12.0 Å². The molecule has 0 fully saturated rings.